The summed E-state index contributed by atoms with van der Waals surface area (Å²) >= 11 is 12.1. The van der Waals surface area contributed by atoms with Gasteiger partial charge in [0, 0.05) is 24.5 Å². The molecule has 2 atom stereocenters. The quantitative estimate of drug-likeness (QED) is 0.628. The zero-order valence-corrected chi connectivity index (χ0v) is 20.5. The Morgan fingerprint density at radius 3 is 2.42 bits per heavy atom. The highest BCUT2D eigenvalue weighted by molar-refractivity contribution is 7.90. The lowest BCUT2D eigenvalue weighted by molar-refractivity contribution is -0.147. The van der Waals surface area contributed by atoms with Gasteiger partial charge < -0.3 is 11.1 Å². The maximum atomic E-state index is 13.2. The second kappa shape index (κ2) is 8.29. The van der Waals surface area contributed by atoms with Gasteiger partial charge in [-0.25, -0.2) is 0 Å². The molecule has 4 saturated carbocycles. The molecule has 5 aliphatic rings. The minimum atomic E-state index is -3.88. The fraction of sp³-hybridized carbons (Fsp3) is 0.636. The van der Waals surface area contributed by atoms with Crippen LogP contribution in [0.5, 0.6) is 0 Å². The Morgan fingerprint density at radius 2 is 1.79 bits per heavy atom. The summed E-state index contributed by atoms with van der Waals surface area (Å²) in [6.07, 6.45) is 4.87. The summed E-state index contributed by atoms with van der Waals surface area (Å²) in [7, 11) is -3.88. The van der Waals surface area contributed by atoms with Gasteiger partial charge in [-0.3, -0.25) is 13.9 Å². The molecule has 8 nitrogen and oxygen atoms in total. The second-order valence-electron chi connectivity index (χ2n) is 10.1. The third-order valence-corrected chi connectivity index (χ3v) is 10.7. The van der Waals surface area contributed by atoms with Crippen LogP contribution in [0.3, 0.4) is 0 Å². The molecule has 33 heavy (non-hydrogen) atoms. The summed E-state index contributed by atoms with van der Waals surface area (Å²) in [5, 5.41) is 3.74. The lowest BCUT2D eigenvalue weighted by Gasteiger charge is -2.58. The van der Waals surface area contributed by atoms with Gasteiger partial charge in [-0.1, -0.05) is 23.2 Å². The van der Waals surface area contributed by atoms with E-state index in [2.05, 4.69) is 5.32 Å². The second-order valence-corrected chi connectivity index (χ2v) is 12.7. The Labute approximate surface area is 203 Å². The molecular formula is C22H28Cl2N4O4S. The maximum Gasteiger partial charge on any atom is 0.304 e. The number of primary amides is 1. The van der Waals surface area contributed by atoms with Crippen molar-refractivity contribution >= 4 is 50.9 Å². The molecule has 1 heterocycles. The number of amides is 2. The molecule has 2 amide bonds. The monoisotopic (exact) mass is 514 g/mol. The van der Waals surface area contributed by atoms with Crippen molar-refractivity contribution in [3.63, 3.8) is 0 Å². The van der Waals surface area contributed by atoms with Crippen molar-refractivity contribution in [2.24, 2.45) is 28.9 Å². The lowest BCUT2D eigenvalue weighted by atomic mass is 9.47. The van der Waals surface area contributed by atoms with Crippen LogP contribution in [-0.2, 0) is 19.8 Å². The minimum Gasteiger partial charge on any atom is -0.369 e. The summed E-state index contributed by atoms with van der Waals surface area (Å²) in [5.41, 5.74) is 5.75. The number of benzene rings is 1. The first kappa shape index (κ1) is 23.2. The first-order chi connectivity index (χ1) is 15.6. The summed E-state index contributed by atoms with van der Waals surface area (Å²) in [6, 6.07) is 4.67. The standard InChI is InChI=1S/C22H28Cl2N4O4S/c23-17-3-2-16(8-18(17)24)28-5-1-4-27(33(28,31)32)12-19(29)26-20-14-6-13-7-15(20)11-22(9-13,10-14)21(25)30/h2-3,8,13-15,20H,1,4-7,9-12H2,(H2,25,30)(H,26,29). The van der Waals surface area contributed by atoms with Gasteiger partial charge in [0.1, 0.15) is 0 Å². The molecule has 3 N–H and O–H groups in total. The molecule has 4 bridgehead atoms. The SMILES string of the molecule is NC(=O)C12CC3CC(C1)C(NC(=O)CN1CCCN(c4ccc(Cl)c(Cl)c4)S1(=O)=O)C(C3)C2. The average Bonchev–Trinajstić information content (AvgIpc) is 2.73. The molecule has 6 rings (SSSR count). The molecular weight excluding hydrogens is 487 g/mol. The van der Waals surface area contributed by atoms with E-state index in [4.69, 9.17) is 28.9 Å². The van der Waals surface area contributed by atoms with Crippen molar-refractivity contribution in [3.05, 3.63) is 28.2 Å². The third kappa shape index (κ3) is 4.00. The Kier molecular flexibility index (Phi) is 5.83. The number of hydrogen-bond acceptors (Lipinski definition) is 4. The van der Waals surface area contributed by atoms with E-state index in [0.717, 1.165) is 19.3 Å². The Morgan fingerprint density at radius 1 is 1.09 bits per heavy atom. The van der Waals surface area contributed by atoms with Gasteiger partial charge in [-0.05, 0) is 74.5 Å². The summed E-state index contributed by atoms with van der Waals surface area (Å²) < 4.78 is 29.0. The van der Waals surface area contributed by atoms with E-state index in [1.807, 2.05) is 0 Å². The molecule has 0 radical (unpaired) electrons. The van der Waals surface area contributed by atoms with Crippen molar-refractivity contribution < 1.29 is 18.0 Å². The van der Waals surface area contributed by atoms with E-state index in [0.29, 0.717) is 42.4 Å². The molecule has 180 valence electrons. The molecule has 1 aliphatic heterocycles. The maximum absolute atomic E-state index is 13.2. The highest BCUT2D eigenvalue weighted by Gasteiger charge is 2.58. The molecule has 1 aromatic carbocycles. The van der Waals surface area contributed by atoms with Gasteiger partial charge in [-0.2, -0.15) is 12.7 Å². The van der Waals surface area contributed by atoms with Gasteiger partial charge in [0.2, 0.25) is 11.8 Å². The molecule has 1 aromatic rings. The molecule has 5 fully saturated rings. The summed E-state index contributed by atoms with van der Waals surface area (Å²) in [5.74, 6) is 0.413. The predicted molar refractivity (Wildman–Crippen MR) is 126 cm³/mol. The van der Waals surface area contributed by atoms with Crippen LogP contribution >= 0.6 is 23.2 Å². The first-order valence-electron chi connectivity index (χ1n) is 11.4. The Hall–Kier alpha value is -1.55. The van der Waals surface area contributed by atoms with Crippen molar-refractivity contribution in [1.82, 2.24) is 9.62 Å². The van der Waals surface area contributed by atoms with Crippen LogP contribution in [0.1, 0.15) is 38.5 Å². The van der Waals surface area contributed by atoms with E-state index in [-0.39, 0.29) is 47.8 Å². The van der Waals surface area contributed by atoms with E-state index in [9.17, 15) is 18.0 Å². The van der Waals surface area contributed by atoms with Crippen molar-refractivity contribution in [2.45, 2.75) is 44.6 Å². The number of carbonyl (C=O) groups is 2. The molecule has 1 saturated heterocycles. The van der Waals surface area contributed by atoms with Crippen molar-refractivity contribution in [3.8, 4) is 0 Å². The van der Waals surface area contributed by atoms with Crippen LogP contribution in [0, 0.1) is 23.2 Å². The molecule has 0 aromatic heterocycles. The zero-order chi connectivity index (χ0) is 23.5. The smallest absolute Gasteiger partial charge is 0.304 e. The topological polar surface area (TPSA) is 113 Å². The highest BCUT2D eigenvalue weighted by atomic mass is 35.5. The number of nitrogens with zero attached hydrogens (tertiary/aromatic N) is 2. The zero-order valence-electron chi connectivity index (χ0n) is 18.2. The number of nitrogens with two attached hydrogens (primary N) is 1. The number of rotatable bonds is 5. The van der Waals surface area contributed by atoms with Crippen LogP contribution in [-0.4, -0.2) is 50.2 Å². The van der Waals surface area contributed by atoms with Crippen LogP contribution < -0.4 is 15.4 Å². The van der Waals surface area contributed by atoms with Crippen molar-refractivity contribution in [1.29, 1.82) is 0 Å². The molecule has 2 unspecified atom stereocenters. The number of hydrogen-bond donors (Lipinski definition) is 2. The van der Waals surface area contributed by atoms with Gasteiger partial charge in [-0.15, -0.1) is 0 Å². The van der Waals surface area contributed by atoms with E-state index in [1.165, 1.54) is 14.7 Å². The molecule has 11 heteroatoms. The van der Waals surface area contributed by atoms with Crippen molar-refractivity contribution in [2.75, 3.05) is 23.9 Å². The highest BCUT2D eigenvalue weighted by Crippen LogP contribution is 2.59. The average molecular weight is 515 g/mol. The lowest BCUT2D eigenvalue weighted by Crippen LogP contribution is -2.63. The van der Waals surface area contributed by atoms with E-state index in [1.54, 1.807) is 12.1 Å². The largest absolute Gasteiger partial charge is 0.369 e. The van der Waals surface area contributed by atoms with Crippen LogP contribution in [0.25, 0.3) is 0 Å². The molecule has 0 spiro atoms. The number of carbonyl (C=O) groups excluding carboxylic acids is 2. The minimum absolute atomic E-state index is 0.0276. The van der Waals surface area contributed by atoms with Gasteiger partial charge >= 0.3 is 10.2 Å². The first-order valence-corrected chi connectivity index (χ1v) is 13.6. The third-order valence-electron chi connectivity index (χ3n) is 8.01. The Balaban J connectivity index is 1.27. The van der Waals surface area contributed by atoms with Crippen LogP contribution in [0.15, 0.2) is 18.2 Å². The normalized spacial score (nSPS) is 34.9. The number of anilines is 1. The van der Waals surface area contributed by atoms with Gasteiger partial charge in [0.25, 0.3) is 0 Å². The predicted octanol–water partition coefficient (Wildman–Crippen LogP) is 2.55. The van der Waals surface area contributed by atoms with E-state index < -0.39 is 15.6 Å². The number of nitrogens with one attached hydrogen (secondary N) is 1. The van der Waals surface area contributed by atoms with Gasteiger partial charge in [0.05, 0.1) is 22.3 Å². The molecule has 4 aliphatic carbocycles. The van der Waals surface area contributed by atoms with Crippen LogP contribution in [0.4, 0.5) is 5.69 Å². The summed E-state index contributed by atoms with van der Waals surface area (Å²) in [4.78, 5) is 25.1. The fourth-order valence-electron chi connectivity index (χ4n) is 6.78. The fourth-order valence-corrected chi connectivity index (χ4v) is 8.73. The Bertz CT molecular complexity index is 1080. The summed E-state index contributed by atoms with van der Waals surface area (Å²) in [6.45, 7) is 0.347. The number of halogens is 2. The van der Waals surface area contributed by atoms with Crippen LogP contribution in [0.2, 0.25) is 10.0 Å². The van der Waals surface area contributed by atoms with Gasteiger partial charge in [0.15, 0.2) is 0 Å². The van der Waals surface area contributed by atoms with E-state index >= 15 is 0 Å².